The number of fused-ring (bicyclic) bond motifs is 2. The van der Waals surface area contributed by atoms with Crippen LogP contribution in [0.5, 0.6) is 0 Å². The van der Waals surface area contributed by atoms with Crippen molar-refractivity contribution < 1.29 is 4.79 Å². The van der Waals surface area contributed by atoms with Gasteiger partial charge in [0.15, 0.2) is 0 Å². The number of hydrogen-bond acceptors (Lipinski definition) is 4. The monoisotopic (exact) mass is 348 g/mol. The Morgan fingerprint density at radius 2 is 1.96 bits per heavy atom. The molecule has 0 fully saturated rings. The molecule has 1 amide bonds. The molecule has 0 aliphatic carbocycles. The van der Waals surface area contributed by atoms with Gasteiger partial charge in [-0.05, 0) is 23.3 Å². The highest BCUT2D eigenvalue weighted by atomic mass is 16.2. The molecule has 1 unspecified atom stereocenters. The number of benzene rings is 2. The van der Waals surface area contributed by atoms with E-state index in [9.17, 15) is 9.59 Å². The predicted octanol–water partition coefficient (Wildman–Crippen LogP) is 1.90. The maximum absolute atomic E-state index is 12.6. The van der Waals surface area contributed by atoms with E-state index in [1.807, 2.05) is 30.3 Å². The number of nitrogens with two attached hydrogens (primary N) is 1. The summed E-state index contributed by atoms with van der Waals surface area (Å²) < 4.78 is 0. The van der Waals surface area contributed by atoms with E-state index in [0.717, 1.165) is 11.1 Å². The lowest BCUT2D eigenvalue weighted by atomic mass is 9.96. The van der Waals surface area contributed by atoms with Crippen molar-refractivity contribution in [1.29, 1.82) is 0 Å². The minimum absolute atomic E-state index is 0.0192. The van der Waals surface area contributed by atoms with E-state index in [2.05, 4.69) is 9.97 Å². The molecule has 1 aliphatic heterocycles. The normalized spacial score (nSPS) is 16.5. The summed E-state index contributed by atoms with van der Waals surface area (Å²) in [7, 11) is 0. The number of aryl methyl sites for hydroxylation is 1. The van der Waals surface area contributed by atoms with Crippen molar-refractivity contribution in [2.24, 2.45) is 5.73 Å². The summed E-state index contributed by atoms with van der Waals surface area (Å²) in [6, 6.07) is 15.0. The molecule has 26 heavy (non-hydrogen) atoms. The third-order valence-electron chi connectivity index (χ3n) is 4.82. The first kappa shape index (κ1) is 16.5. The molecule has 0 saturated heterocycles. The van der Waals surface area contributed by atoms with Crippen LogP contribution in [-0.4, -0.2) is 27.3 Å². The van der Waals surface area contributed by atoms with Crippen LogP contribution in [0, 0.1) is 0 Å². The molecule has 3 N–H and O–H groups in total. The van der Waals surface area contributed by atoms with Gasteiger partial charge in [-0.1, -0.05) is 36.4 Å². The summed E-state index contributed by atoms with van der Waals surface area (Å²) in [4.78, 5) is 33.8. The van der Waals surface area contributed by atoms with Gasteiger partial charge in [-0.2, -0.15) is 0 Å². The molecule has 1 aliphatic rings. The van der Waals surface area contributed by atoms with Crippen LogP contribution in [0.3, 0.4) is 0 Å². The van der Waals surface area contributed by atoms with Crippen LogP contribution in [0.1, 0.15) is 29.4 Å². The van der Waals surface area contributed by atoms with E-state index in [1.165, 1.54) is 0 Å². The van der Waals surface area contributed by atoms with Gasteiger partial charge in [-0.25, -0.2) is 4.98 Å². The van der Waals surface area contributed by atoms with Gasteiger partial charge in [0.1, 0.15) is 5.82 Å². The standard InChI is InChI=1S/C20H20N4O2/c21-16-12-24(11-13-5-1-2-6-14(13)16)19(25)10-9-18-22-17-8-4-3-7-15(17)20(26)23-18/h1-8,16H,9-12,21H2,(H,22,23,26). The molecule has 6 nitrogen and oxygen atoms in total. The summed E-state index contributed by atoms with van der Waals surface area (Å²) in [5.41, 5.74) is 8.88. The van der Waals surface area contributed by atoms with E-state index in [0.29, 0.717) is 36.2 Å². The molecule has 0 radical (unpaired) electrons. The van der Waals surface area contributed by atoms with Gasteiger partial charge in [0.25, 0.3) is 5.56 Å². The number of nitrogens with one attached hydrogen (secondary N) is 1. The van der Waals surface area contributed by atoms with E-state index in [-0.39, 0.29) is 23.9 Å². The van der Waals surface area contributed by atoms with Gasteiger partial charge in [0.2, 0.25) is 5.91 Å². The van der Waals surface area contributed by atoms with Crippen LogP contribution in [0.4, 0.5) is 0 Å². The summed E-state index contributed by atoms with van der Waals surface area (Å²) in [6.07, 6.45) is 0.683. The molecule has 132 valence electrons. The Balaban J connectivity index is 1.47. The summed E-state index contributed by atoms with van der Waals surface area (Å²) in [5, 5.41) is 0.557. The van der Waals surface area contributed by atoms with Crippen LogP contribution < -0.4 is 11.3 Å². The Labute approximate surface area is 150 Å². The number of aromatic amines is 1. The number of hydrogen-bond donors (Lipinski definition) is 2. The van der Waals surface area contributed by atoms with Gasteiger partial charge in [-0.15, -0.1) is 0 Å². The lowest BCUT2D eigenvalue weighted by Gasteiger charge is -2.33. The molecule has 2 heterocycles. The minimum Gasteiger partial charge on any atom is -0.336 e. The molecule has 0 bridgehead atoms. The van der Waals surface area contributed by atoms with Crippen LogP contribution >= 0.6 is 0 Å². The zero-order chi connectivity index (χ0) is 18.1. The molecule has 2 aromatic carbocycles. The first-order chi connectivity index (χ1) is 12.6. The van der Waals surface area contributed by atoms with Crippen molar-refractivity contribution in [2.75, 3.05) is 6.54 Å². The predicted molar refractivity (Wildman–Crippen MR) is 99.5 cm³/mol. The second-order valence-electron chi connectivity index (χ2n) is 6.61. The number of carbonyl (C=O) groups excluding carboxylic acids is 1. The lowest BCUT2D eigenvalue weighted by molar-refractivity contribution is -0.132. The van der Waals surface area contributed by atoms with Crippen LogP contribution in [0.25, 0.3) is 10.9 Å². The van der Waals surface area contributed by atoms with Crippen molar-refractivity contribution >= 4 is 16.8 Å². The Morgan fingerprint density at radius 1 is 1.19 bits per heavy atom. The van der Waals surface area contributed by atoms with E-state index < -0.39 is 0 Å². The number of amides is 1. The number of nitrogens with zero attached hydrogens (tertiary/aromatic N) is 2. The summed E-state index contributed by atoms with van der Waals surface area (Å²) in [5.74, 6) is 0.550. The highest BCUT2D eigenvalue weighted by molar-refractivity contribution is 5.78. The number of rotatable bonds is 3. The third-order valence-corrected chi connectivity index (χ3v) is 4.82. The van der Waals surface area contributed by atoms with Gasteiger partial charge >= 0.3 is 0 Å². The Kier molecular flexibility index (Phi) is 4.26. The number of aromatic nitrogens is 2. The maximum atomic E-state index is 12.6. The highest BCUT2D eigenvalue weighted by Crippen LogP contribution is 2.25. The zero-order valence-corrected chi connectivity index (χ0v) is 14.3. The first-order valence-electron chi connectivity index (χ1n) is 8.71. The highest BCUT2D eigenvalue weighted by Gasteiger charge is 2.25. The Bertz CT molecular complexity index is 1030. The molecule has 1 atom stereocenters. The van der Waals surface area contributed by atoms with Gasteiger partial charge in [-0.3, -0.25) is 9.59 Å². The Hall–Kier alpha value is -2.99. The van der Waals surface area contributed by atoms with Crippen molar-refractivity contribution in [3.05, 3.63) is 75.8 Å². The number of carbonyl (C=O) groups is 1. The molecule has 1 aromatic heterocycles. The lowest BCUT2D eigenvalue weighted by Crippen LogP contribution is -2.41. The first-order valence-corrected chi connectivity index (χ1v) is 8.71. The fourth-order valence-electron chi connectivity index (χ4n) is 3.47. The quantitative estimate of drug-likeness (QED) is 0.756. The fraction of sp³-hybridized carbons (Fsp3) is 0.250. The van der Waals surface area contributed by atoms with Crippen molar-refractivity contribution in [2.45, 2.75) is 25.4 Å². The number of H-pyrrole nitrogens is 1. The molecular weight excluding hydrogens is 328 g/mol. The molecule has 0 spiro atoms. The van der Waals surface area contributed by atoms with Gasteiger partial charge < -0.3 is 15.6 Å². The maximum Gasteiger partial charge on any atom is 0.258 e. The van der Waals surface area contributed by atoms with Crippen LogP contribution in [0.15, 0.2) is 53.3 Å². The zero-order valence-electron chi connectivity index (χ0n) is 14.3. The largest absolute Gasteiger partial charge is 0.336 e. The second-order valence-corrected chi connectivity index (χ2v) is 6.61. The second kappa shape index (κ2) is 6.72. The number of para-hydroxylation sites is 1. The van der Waals surface area contributed by atoms with Crippen molar-refractivity contribution in [3.8, 4) is 0 Å². The molecule has 0 saturated carbocycles. The van der Waals surface area contributed by atoms with E-state index in [1.54, 1.807) is 23.1 Å². The van der Waals surface area contributed by atoms with Crippen LogP contribution in [-0.2, 0) is 17.8 Å². The average Bonchev–Trinajstić information content (AvgIpc) is 2.66. The third kappa shape index (κ3) is 3.11. The van der Waals surface area contributed by atoms with E-state index in [4.69, 9.17) is 5.73 Å². The van der Waals surface area contributed by atoms with Crippen LogP contribution in [0.2, 0.25) is 0 Å². The minimum atomic E-state index is -0.174. The van der Waals surface area contributed by atoms with E-state index >= 15 is 0 Å². The molecule has 3 aromatic rings. The fourth-order valence-corrected chi connectivity index (χ4v) is 3.47. The smallest absolute Gasteiger partial charge is 0.258 e. The topological polar surface area (TPSA) is 92.1 Å². The van der Waals surface area contributed by atoms with Gasteiger partial charge in [0, 0.05) is 32.0 Å². The summed E-state index contributed by atoms with van der Waals surface area (Å²) in [6.45, 7) is 1.09. The summed E-state index contributed by atoms with van der Waals surface area (Å²) >= 11 is 0. The van der Waals surface area contributed by atoms with Gasteiger partial charge in [0.05, 0.1) is 10.9 Å². The van der Waals surface area contributed by atoms with Crippen molar-refractivity contribution in [3.63, 3.8) is 0 Å². The molecule has 6 heteroatoms. The Morgan fingerprint density at radius 3 is 2.85 bits per heavy atom. The molecule has 4 rings (SSSR count). The van der Waals surface area contributed by atoms with Crippen molar-refractivity contribution in [1.82, 2.24) is 14.9 Å². The molecular formula is C20H20N4O2. The SMILES string of the molecule is NC1CN(C(=O)CCc2nc3ccccc3c(=O)[nH]2)Cc2ccccc21. The average molecular weight is 348 g/mol.